The van der Waals surface area contributed by atoms with E-state index in [0.717, 1.165) is 16.9 Å². The quantitative estimate of drug-likeness (QED) is 0.330. The van der Waals surface area contributed by atoms with Crippen molar-refractivity contribution in [3.8, 4) is 0 Å². The summed E-state index contributed by atoms with van der Waals surface area (Å²) in [5, 5.41) is 9.35. The zero-order valence-corrected chi connectivity index (χ0v) is 18.8. The largest absolute Gasteiger partial charge is 0.352 e. The lowest BCUT2D eigenvalue weighted by Gasteiger charge is -2.19. The number of guanidine groups is 1. The Hall–Kier alpha value is -2.62. The molecule has 0 bridgehead atoms. The van der Waals surface area contributed by atoms with Gasteiger partial charge in [0.1, 0.15) is 0 Å². The first-order chi connectivity index (χ1) is 13.5. The standard InChI is InChI=1S/C21H25N5O2.HI/c1-15(27)24-17-8-6-7-16(11-17)13-23-21(22-2)25-18-12-20(28)26(14-18)19-9-4-3-5-10-19;/h3-11,18H,12-14H2,1-2H3,(H,24,27)(H2,22,23,25);1H. The van der Waals surface area contributed by atoms with E-state index in [2.05, 4.69) is 20.9 Å². The Morgan fingerprint density at radius 3 is 2.62 bits per heavy atom. The van der Waals surface area contributed by atoms with Gasteiger partial charge in [0.25, 0.3) is 0 Å². The molecule has 8 heteroatoms. The molecule has 1 atom stereocenters. The molecule has 29 heavy (non-hydrogen) atoms. The number of anilines is 2. The molecular formula is C21H26IN5O2. The maximum absolute atomic E-state index is 12.4. The van der Waals surface area contributed by atoms with E-state index >= 15 is 0 Å². The molecule has 2 aromatic rings. The molecule has 2 aromatic carbocycles. The summed E-state index contributed by atoms with van der Waals surface area (Å²) in [6.45, 7) is 2.63. The Balaban J connectivity index is 0.00000300. The monoisotopic (exact) mass is 507 g/mol. The fraction of sp³-hybridized carbons (Fsp3) is 0.286. The van der Waals surface area contributed by atoms with Crippen molar-refractivity contribution in [3.05, 3.63) is 60.2 Å². The number of carbonyl (C=O) groups excluding carboxylic acids is 2. The van der Waals surface area contributed by atoms with Gasteiger partial charge >= 0.3 is 0 Å². The molecule has 7 nitrogen and oxygen atoms in total. The van der Waals surface area contributed by atoms with E-state index in [0.29, 0.717) is 25.5 Å². The number of aliphatic imine (C=N–C) groups is 1. The number of hydrogen-bond donors (Lipinski definition) is 3. The number of benzene rings is 2. The van der Waals surface area contributed by atoms with Gasteiger partial charge in [-0.1, -0.05) is 30.3 Å². The highest BCUT2D eigenvalue weighted by Crippen LogP contribution is 2.21. The van der Waals surface area contributed by atoms with Gasteiger partial charge in [-0.3, -0.25) is 14.6 Å². The molecule has 1 fully saturated rings. The lowest BCUT2D eigenvalue weighted by atomic mass is 10.2. The molecule has 0 radical (unpaired) electrons. The molecule has 154 valence electrons. The fourth-order valence-electron chi connectivity index (χ4n) is 3.20. The molecule has 1 unspecified atom stereocenters. The summed E-state index contributed by atoms with van der Waals surface area (Å²) in [6.07, 6.45) is 0.424. The highest BCUT2D eigenvalue weighted by Gasteiger charge is 2.30. The molecule has 0 saturated carbocycles. The normalized spacial score (nSPS) is 16.2. The van der Waals surface area contributed by atoms with E-state index in [1.54, 1.807) is 11.9 Å². The molecule has 0 aliphatic carbocycles. The van der Waals surface area contributed by atoms with E-state index in [-0.39, 0.29) is 41.8 Å². The van der Waals surface area contributed by atoms with Crippen molar-refractivity contribution in [2.24, 2.45) is 4.99 Å². The van der Waals surface area contributed by atoms with Crippen LogP contribution in [0.2, 0.25) is 0 Å². The van der Waals surface area contributed by atoms with Crippen LogP contribution in [-0.4, -0.2) is 37.4 Å². The van der Waals surface area contributed by atoms with E-state index in [9.17, 15) is 9.59 Å². The fourth-order valence-corrected chi connectivity index (χ4v) is 3.20. The Bertz CT molecular complexity index is 872. The first-order valence-corrected chi connectivity index (χ1v) is 9.24. The summed E-state index contributed by atoms with van der Waals surface area (Å²) < 4.78 is 0. The second-order valence-corrected chi connectivity index (χ2v) is 6.69. The molecular weight excluding hydrogens is 481 g/mol. The Morgan fingerprint density at radius 2 is 1.93 bits per heavy atom. The third-order valence-corrected chi connectivity index (χ3v) is 4.46. The van der Waals surface area contributed by atoms with Crippen LogP contribution in [0.5, 0.6) is 0 Å². The number of halogens is 1. The van der Waals surface area contributed by atoms with Gasteiger partial charge in [0.05, 0.1) is 6.04 Å². The Kier molecular flexibility index (Phi) is 8.44. The topological polar surface area (TPSA) is 85.8 Å². The molecule has 1 saturated heterocycles. The van der Waals surface area contributed by atoms with Crippen LogP contribution in [0.25, 0.3) is 0 Å². The van der Waals surface area contributed by atoms with Crippen LogP contribution < -0.4 is 20.9 Å². The minimum Gasteiger partial charge on any atom is -0.352 e. The van der Waals surface area contributed by atoms with E-state index < -0.39 is 0 Å². The maximum Gasteiger partial charge on any atom is 0.229 e. The summed E-state index contributed by atoms with van der Waals surface area (Å²) in [5.41, 5.74) is 2.69. The number of rotatable bonds is 5. The minimum absolute atomic E-state index is 0. The van der Waals surface area contributed by atoms with E-state index in [4.69, 9.17) is 0 Å². The first kappa shape index (κ1) is 22.7. The van der Waals surface area contributed by atoms with Crippen LogP contribution in [-0.2, 0) is 16.1 Å². The lowest BCUT2D eigenvalue weighted by Crippen LogP contribution is -2.44. The summed E-state index contributed by atoms with van der Waals surface area (Å²) in [5.74, 6) is 0.635. The number of para-hydroxylation sites is 1. The molecule has 3 rings (SSSR count). The summed E-state index contributed by atoms with van der Waals surface area (Å²) in [4.78, 5) is 29.6. The van der Waals surface area contributed by atoms with Crippen molar-refractivity contribution in [2.75, 3.05) is 23.8 Å². The summed E-state index contributed by atoms with van der Waals surface area (Å²) in [7, 11) is 1.70. The van der Waals surface area contributed by atoms with Crippen molar-refractivity contribution < 1.29 is 9.59 Å². The van der Waals surface area contributed by atoms with Crippen LogP contribution >= 0.6 is 24.0 Å². The van der Waals surface area contributed by atoms with E-state index in [1.165, 1.54) is 6.92 Å². The average molecular weight is 507 g/mol. The van der Waals surface area contributed by atoms with Gasteiger partial charge in [0.2, 0.25) is 11.8 Å². The second kappa shape index (κ2) is 10.8. The van der Waals surface area contributed by atoms with Gasteiger partial charge < -0.3 is 20.9 Å². The first-order valence-electron chi connectivity index (χ1n) is 9.24. The molecule has 3 N–H and O–H groups in total. The van der Waals surface area contributed by atoms with Crippen molar-refractivity contribution in [2.45, 2.75) is 25.9 Å². The summed E-state index contributed by atoms with van der Waals surface area (Å²) in [6, 6.07) is 17.3. The number of nitrogens with one attached hydrogen (secondary N) is 3. The Morgan fingerprint density at radius 1 is 1.17 bits per heavy atom. The zero-order valence-electron chi connectivity index (χ0n) is 16.5. The second-order valence-electron chi connectivity index (χ2n) is 6.69. The van der Waals surface area contributed by atoms with Gasteiger partial charge in [-0.05, 0) is 29.8 Å². The predicted octanol–water partition coefficient (Wildman–Crippen LogP) is 2.73. The van der Waals surface area contributed by atoms with Gasteiger partial charge in [0, 0.05) is 44.9 Å². The molecule has 1 aliphatic heterocycles. The van der Waals surface area contributed by atoms with Crippen molar-refractivity contribution in [3.63, 3.8) is 0 Å². The molecule has 2 amide bonds. The van der Waals surface area contributed by atoms with Crippen LogP contribution in [0.3, 0.4) is 0 Å². The van der Waals surface area contributed by atoms with Crippen molar-refractivity contribution in [1.29, 1.82) is 0 Å². The van der Waals surface area contributed by atoms with Gasteiger partial charge in [-0.15, -0.1) is 24.0 Å². The number of nitrogens with zero attached hydrogens (tertiary/aromatic N) is 2. The summed E-state index contributed by atoms with van der Waals surface area (Å²) >= 11 is 0. The van der Waals surface area contributed by atoms with Gasteiger partial charge in [0.15, 0.2) is 5.96 Å². The van der Waals surface area contributed by atoms with Crippen molar-refractivity contribution in [1.82, 2.24) is 10.6 Å². The maximum atomic E-state index is 12.4. The molecule has 1 heterocycles. The molecule has 0 spiro atoms. The smallest absolute Gasteiger partial charge is 0.229 e. The van der Waals surface area contributed by atoms with Crippen molar-refractivity contribution >= 4 is 53.1 Å². The zero-order chi connectivity index (χ0) is 19.9. The highest BCUT2D eigenvalue weighted by atomic mass is 127. The molecule has 1 aliphatic rings. The van der Waals surface area contributed by atoms with Crippen LogP contribution in [0, 0.1) is 0 Å². The lowest BCUT2D eigenvalue weighted by molar-refractivity contribution is -0.117. The third kappa shape index (κ3) is 6.45. The average Bonchev–Trinajstić information content (AvgIpc) is 3.05. The SMILES string of the molecule is CN=C(NCc1cccc(NC(C)=O)c1)NC1CC(=O)N(c2ccccc2)C1.I. The van der Waals surface area contributed by atoms with Crippen LogP contribution in [0.4, 0.5) is 11.4 Å². The number of amides is 2. The number of carbonyl (C=O) groups is 2. The molecule has 0 aromatic heterocycles. The van der Waals surface area contributed by atoms with Crippen LogP contribution in [0.15, 0.2) is 59.6 Å². The highest BCUT2D eigenvalue weighted by molar-refractivity contribution is 14.0. The predicted molar refractivity (Wildman–Crippen MR) is 127 cm³/mol. The third-order valence-electron chi connectivity index (χ3n) is 4.46. The number of hydrogen-bond acceptors (Lipinski definition) is 3. The van der Waals surface area contributed by atoms with E-state index in [1.807, 2.05) is 54.6 Å². The minimum atomic E-state index is -0.101. The Labute approximate surface area is 188 Å². The van der Waals surface area contributed by atoms with Crippen LogP contribution in [0.1, 0.15) is 18.9 Å². The van der Waals surface area contributed by atoms with Gasteiger partial charge in [-0.2, -0.15) is 0 Å². The van der Waals surface area contributed by atoms with Gasteiger partial charge in [-0.25, -0.2) is 0 Å².